The van der Waals surface area contributed by atoms with Crippen molar-refractivity contribution >= 4 is 17.7 Å². The Morgan fingerprint density at radius 3 is 2.84 bits per heavy atom. The van der Waals surface area contributed by atoms with Gasteiger partial charge in [0.1, 0.15) is 6.10 Å². The van der Waals surface area contributed by atoms with E-state index in [-0.39, 0.29) is 18.6 Å². The van der Waals surface area contributed by atoms with Gasteiger partial charge in [-0.3, -0.25) is 4.79 Å². The van der Waals surface area contributed by atoms with Crippen molar-refractivity contribution in [3.63, 3.8) is 0 Å². The lowest BCUT2D eigenvalue weighted by molar-refractivity contribution is -0.118. The van der Waals surface area contributed by atoms with Crippen molar-refractivity contribution in [1.82, 2.24) is 15.5 Å². The number of thioether (sulfide) groups is 1. The predicted octanol–water partition coefficient (Wildman–Crippen LogP) is 3.09. The third-order valence-electron chi connectivity index (χ3n) is 3.92. The summed E-state index contributed by atoms with van der Waals surface area (Å²) < 4.78 is 10.7. The second-order valence-corrected chi connectivity index (χ2v) is 7.30. The first kappa shape index (κ1) is 17.9. The summed E-state index contributed by atoms with van der Waals surface area (Å²) in [5.41, 5.74) is 3.74. The van der Waals surface area contributed by atoms with Gasteiger partial charge in [-0.15, -0.1) is 11.8 Å². The summed E-state index contributed by atoms with van der Waals surface area (Å²) >= 11 is 1.60. The number of hydrogen-bond donors (Lipinski definition) is 1. The van der Waals surface area contributed by atoms with Crippen LogP contribution in [0.4, 0.5) is 0 Å². The number of hydrogen-bond acceptors (Lipinski definition) is 6. The molecule has 1 N–H and O–H groups in total. The minimum atomic E-state index is -0.0923. The molecule has 0 spiro atoms. The third-order valence-corrected chi connectivity index (χ3v) is 4.92. The van der Waals surface area contributed by atoms with E-state index in [9.17, 15) is 4.79 Å². The van der Waals surface area contributed by atoms with E-state index in [1.165, 1.54) is 16.7 Å². The van der Waals surface area contributed by atoms with E-state index in [0.29, 0.717) is 17.5 Å². The van der Waals surface area contributed by atoms with Crippen LogP contribution in [0.15, 0.2) is 22.7 Å². The zero-order valence-electron chi connectivity index (χ0n) is 14.6. The van der Waals surface area contributed by atoms with Gasteiger partial charge < -0.3 is 14.6 Å². The molecular formula is C18H23N3O3S. The highest BCUT2D eigenvalue weighted by Crippen LogP contribution is 2.26. The van der Waals surface area contributed by atoms with E-state index in [1.54, 1.807) is 11.8 Å². The fourth-order valence-electron chi connectivity index (χ4n) is 2.89. The van der Waals surface area contributed by atoms with Crippen LogP contribution in [0.5, 0.6) is 0 Å². The maximum atomic E-state index is 12.0. The summed E-state index contributed by atoms with van der Waals surface area (Å²) in [5, 5.41) is 6.72. The highest BCUT2D eigenvalue weighted by atomic mass is 32.2. The fourth-order valence-corrected chi connectivity index (χ4v) is 3.68. The number of carbonyl (C=O) groups excluding carboxylic acids is 1. The first-order valence-electron chi connectivity index (χ1n) is 8.46. The molecule has 6 nitrogen and oxygen atoms in total. The van der Waals surface area contributed by atoms with Crippen LogP contribution < -0.4 is 5.32 Å². The third kappa shape index (κ3) is 5.31. The summed E-state index contributed by atoms with van der Waals surface area (Å²) in [7, 11) is 0. The van der Waals surface area contributed by atoms with Crippen molar-refractivity contribution in [3.8, 4) is 0 Å². The van der Waals surface area contributed by atoms with Crippen LogP contribution in [0.2, 0.25) is 0 Å². The van der Waals surface area contributed by atoms with Crippen molar-refractivity contribution in [2.75, 3.05) is 12.4 Å². The average molecular weight is 361 g/mol. The Balaban J connectivity index is 1.39. The first-order valence-corrected chi connectivity index (χ1v) is 9.61. The zero-order chi connectivity index (χ0) is 17.6. The van der Waals surface area contributed by atoms with Gasteiger partial charge in [-0.05, 0) is 32.3 Å². The van der Waals surface area contributed by atoms with Gasteiger partial charge in [0, 0.05) is 12.4 Å². The minimum absolute atomic E-state index is 0.0298. The molecule has 1 unspecified atom stereocenters. The molecule has 7 heteroatoms. The molecule has 0 radical (unpaired) electrons. The molecule has 3 rings (SSSR count). The highest BCUT2D eigenvalue weighted by molar-refractivity contribution is 7.99. The molecule has 1 aliphatic heterocycles. The van der Waals surface area contributed by atoms with Gasteiger partial charge >= 0.3 is 0 Å². The average Bonchev–Trinajstić information content (AvgIpc) is 3.23. The normalized spacial score (nSPS) is 17.0. The molecule has 25 heavy (non-hydrogen) atoms. The number of carbonyl (C=O) groups is 1. The number of nitrogens with one attached hydrogen (secondary N) is 1. The maximum absolute atomic E-state index is 12.0. The van der Waals surface area contributed by atoms with Gasteiger partial charge in [0.25, 0.3) is 5.89 Å². The molecule has 134 valence electrons. The Morgan fingerprint density at radius 1 is 1.32 bits per heavy atom. The van der Waals surface area contributed by atoms with Crippen LogP contribution in [0, 0.1) is 13.8 Å². The molecule has 0 aliphatic carbocycles. The van der Waals surface area contributed by atoms with Crippen LogP contribution in [-0.4, -0.2) is 28.4 Å². The lowest BCUT2D eigenvalue weighted by Gasteiger charge is -2.05. The molecule has 1 saturated heterocycles. The molecule has 2 heterocycles. The summed E-state index contributed by atoms with van der Waals surface area (Å²) in [6.07, 6.45) is 1.82. The molecule has 0 bridgehead atoms. The lowest BCUT2D eigenvalue weighted by Crippen LogP contribution is -2.25. The standard InChI is InChI=1S/C18H23N3O3S/c1-12-6-13(2)8-14(7-12)10-25-11-17(22)19-9-16-20-18(24-21-16)15-4-3-5-23-15/h6-8,15H,3-5,9-11H2,1-2H3,(H,19,22). The van der Waals surface area contributed by atoms with Crippen LogP contribution >= 0.6 is 11.8 Å². The second kappa shape index (κ2) is 8.49. The molecule has 1 atom stereocenters. The largest absolute Gasteiger partial charge is 0.368 e. The molecule has 2 aromatic rings. The SMILES string of the molecule is Cc1cc(C)cc(CSCC(=O)NCc2noc(C3CCCO3)n2)c1. The Kier molecular flexibility index (Phi) is 6.09. The van der Waals surface area contributed by atoms with Crippen LogP contribution in [-0.2, 0) is 21.8 Å². The zero-order valence-corrected chi connectivity index (χ0v) is 15.4. The smallest absolute Gasteiger partial charge is 0.255 e. The highest BCUT2D eigenvalue weighted by Gasteiger charge is 2.23. The monoisotopic (exact) mass is 361 g/mol. The van der Waals surface area contributed by atoms with Crippen molar-refractivity contribution < 1.29 is 14.1 Å². The lowest BCUT2D eigenvalue weighted by atomic mass is 10.1. The van der Waals surface area contributed by atoms with Crippen LogP contribution in [0.3, 0.4) is 0 Å². The number of nitrogens with zero attached hydrogens (tertiary/aromatic N) is 2. The summed E-state index contributed by atoms with van der Waals surface area (Å²) in [4.78, 5) is 16.2. The number of ether oxygens (including phenoxy) is 1. The number of amides is 1. The van der Waals surface area contributed by atoms with E-state index in [1.807, 2.05) is 0 Å². The summed E-state index contributed by atoms with van der Waals surface area (Å²) in [5.74, 6) is 2.19. The number of benzene rings is 1. The van der Waals surface area contributed by atoms with Gasteiger partial charge in [-0.2, -0.15) is 4.98 Å². The summed E-state index contributed by atoms with van der Waals surface area (Å²) in [6.45, 7) is 5.18. The van der Waals surface area contributed by atoms with E-state index in [0.717, 1.165) is 25.2 Å². The van der Waals surface area contributed by atoms with Crippen LogP contribution in [0.25, 0.3) is 0 Å². The quantitative estimate of drug-likeness (QED) is 0.817. The minimum Gasteiger partial charge on any atom is -0.368 e. The van der Waals surface area contributed by atoms with Crippen LogP contribution in [0.1, 0.15) is 47.4 Å². The second-order valence-electron chi connectivity index (χ2n) is 6.32. The van der Waals surface area contributed by atoms with Gasteiger partial charge in [-0.1, -0.05) is 34.5 Å². The predicted molar refractivity (Wildman–Crippen MR) is 96.1 cm³/mol. The maximum Gasteiger partial charge on any atom is 0.255 e. The Hall–Kier alpha value is -1.86. The molecule has 1 aliphatic rings. The molecular weight excluding hydrogens is 338 g/mol. The first-order chi connectivity index (χ1) is 12.1. The fraction of sp³-hybridized carbons (Fsp3) is 0.500. The molecule has 0 saturated carbocycles. The Labute approximate surface area is 151 Å². The van der Waals surface area contributed by atoms with E-state index < -0.39 is 0 Å². The number of aryl methyl sites for hydroxylation is 2. The van der Waals surface area contributed by atoms with Gasteiger partial charge in [-0.25, -0.2) is 0 Å². The molecule has 1 aromatic heterocycles. The van der Waals surface area contributed by atoms with Gasteiger partial charge in [0.2, 0.25) is 5.91 Å². The summed E-state index contributed by atoms with van der Waals surface area (Å²) in [6, 6.07) is 6.46. The van der Waals surface area contributed by atoms with Gasteiger partial charge in [0.15, 0.2) is 5.82 Å². The van der Waals surface area contributed by atoms with Gasteiger partial charge in [0.05, 0.1) is 12.3 Å². The molecule has 1 fully saturated rings. The van der Waals surface area contributed by atoms with E-state index in [4.69, 9.17) is 9.26 Å². The van der Waals surface area contributed by atoms with Crippen molar-refractivity contribution in [2.45, 2.75) is 45.1 Å². The van der Waals surface area contributed by atoms with E-state index in [2.05, 4.69) is 47.5 Å². The number of rotatable bonds is 7. The Morgan fingerprint density at radius 2 is 2.12 bits per heavy atom. The van der Waals surface area contributed by atoms with Crippen molar-refractivity contribution in [2.24, 2.45) is 0 Å². The topological polar surface area (TPSA) is 77.2 Å². The molecule has 1 amide bonds. The Bertz CT molecular complexity index is 706. The number of aromatic nitrogens is 2. The van der Waals surface area contributed by atoms with Crippen molar-refractivity contribution in [3.05, 3.63) is 46.6 Å². The van der Waals surface area contributed by atoms with E-state index >= 15 is 0 Å². The molecule has 1 aromatic carbocycles. The van der Waals surface area contributed by atoms with Crippen molar-refractivity contribution in [1.29, 1.82) is 0 Å².